The lowest BCUT2D eigenvalue weighted by atomic mass is 9.33. The monoisotopic (exact) mass is 956 g/mol. The van der Waals surface area contributed by atoms with E-state index in [9.17, 15) is 65.8 Å². The number of rotatable bonds is 10. The topological polar surface area (TPSA) is 312 Å². The second-order valence-corrected chi connectivity index (χ2v) is 23.0. The lowest BCUT2D eigenvalue weighted by Gasteiger charge is -2.71. The normalized spacial score (nSPS) is 55.5. The van der Waals surface area contributed by atoms with Gasteiger partial charge in [-0.15, -0.1) is 0 Å². The van der Waals surface area contributed by atoms with Gasteiger partial charge in [-0.1, -0.05) is 46.3 Å². The van der Waals surface area contributed by atoms with Crippen LogP contribution in [0.2, 0.25) is 0 Å². The van der Waals surface area contributed by atoms with Gasteiger partial charge >= 0.3 is 5.97 Å². The van der Waals surface area contributed by atoms with Crippen LogP contribution in [0.4, 0.5) is 0 Å². The van der Waals surface area contributed by atoms with E-state index < -0.39 is 134 Å². The van der Waals surface area contributed by atoms with Crippen LogP contribution in [0.25, 0.3) is 0 Å². The number of aliphatic hydroxyl groups excluding tert-OH is 11. The molecule has 7 fully saturated rings. The second-order valence-electron chi connectivity index (χ2n) is 23.0. The highest BCUT2D eigenvalue weighted by atomic mass is 16.8. The van der Waals surface area contributed by atoms with Crippen molar-refractivity contribution < 1.29 is 94.2 Å². The molecule has 3 aliphatic heterocycles. The zero-order valence-corrected chi connectivity index (χ0v) is 39.5. The predicted octanol–water partition coefficient (Wildman–Crippen LogP) is -0.680. The van der Waals surface area contributed by atoms with Crippen LogP contribution in [0.1, 0.15) is 106 Å². The molecule has 0 aromatic carbocycles. The van der Waals surface area contributed by atoms with Crippen molar-refractivity contribution in [2.24, 2.45) is 50.2 Å². The first-order valence-electron chi connectivity index (χ1n) is 24.4. The van der Waals surface area contributed by atoms with E-state index in [2.05, 4.69) is 26.8 Å². The molecule has 0 amide bonds. The summed E-state index contributed by atoms with van der Waals surface area (Å²) in [6.45, 7) is 10.8. The summed E-state index contributed by atoms with van der Waals surface area (Å²) < 4.78 is 34.6. The summed E-state index contributed by atoms with van der Waals surface area (Å²) in [5.41, 5.74) is -2.08. The summed E-state index contributed by atoms with van der Waals surface area (Å²) in [6.07, 6.45) is -15.8. The third kappa shape index (κ3) is 8.01. The lowest BCUT2D eigenvalue weighted by Crippen LogP contribution is -2.66. The molecular formula is C48H76O19. The fourth-order valence-corrected chi connectivity index (χ4v) is 14.7. The molecule has 11 N–H and O–H groups in total. The van der Waals surface area contributed by atoms with E-state index in [0.717, 1.165) is 37.5 Å². The number of hydrogen-bond donors (Lipinski definition) is 11. The molecule has 19 heteroatoms. The standard InChI is InChI=1S/C48H76O19/c1-22-30(53)32(55)35(58)40(63-22)66-38-25(18-49)64-39(37(60)34(38)57)62-19-26-31(54)33(56)36(59)41(65-26)67-42(61)48-15-13-43(2,20-50)17-24(48)23-7-8-28-44(3)11-10-29(52)45(4,21-51)27(44)9-12-47(28,6)46(23,5)14-16-48/h7,21-22,24-41,49-50,52-60H,8-20H2,1-6H3/t22-,24-,25+,26+,27+,28+,29+,30-,31+,32+,33-,34+,35+,36+,37+,38+,39+,40-,41-,43-,44-,45-,46+,47+,48-/m0/s1. The molecule has 25 atom stereocenters. The zero-order chi connectivity index (χ0) is 49.0. The lowest BCUT2D eigenvalue weighted by molar-refractivity contribution is -0.361. The van der Waals surface area contributed by atoms with Gasteiger partial charge in [0, 0.05) is 6.61 Å². The third-order valence-corrected chi connectivity index (χ3v) is 19.5. The molecule has 4 saturated carbocycles. The Kier molecular flexibility index (Phi) is 14.1. The molecular weight excluding hydrogens is 881 g/mol. The second kappa shape index (κ2) is 18.4. The van der Waals surface area contributed by atoms with Crippen molar-refractivity contribution >= 4 is 12.3 Å². The van der Waals surface area contributed by atoms with Crippen LogP contribution in [-0.2, 0) is 38.0 Å². The van der Waals surface area contributed by atoms with Gasteiger partial charge in [0.25, 0.3) is 0 Å². The molecule has 0 spiro atoms. The van der Waals surface area contributed by atoms with Crippen molar-refractivity contribution in [2.45, 2.75) is 204 Å². The summed E-state index contributed by atoms with van der Waals surface area (Å²) in [5, 5.41) is 118. The highest BCUT2D eigenvalue weighted by molar-refractivity contribution is 5.79. The number of carbonyl (C=O) groups is 2. The summed E-state index contributed by atoms with van der Waals surface area (Å²) in [4.78, 5) is 27.6. The Labute approximate surface area is 391 Å². The molecule has 5 aliphatic carbocycles. The maximum absolute atomic E-state index is 15.0. The van der Waals surface area contributed by atoms with E-state index in [-0.39, 0.29) is 40.6 Å². The van der Waals surface area contributed by atoms with Gasteiger partial charge in [0.15, 0.2) is 12.6 Å². The molecule has 0 aromatic rings. The van der Waals surface area contributed by atoms with Gasteiger partial charge in [-0.2, -0.15) is 0 Å². The van der Waals surface area contributed by atoms with Gasteiger partial charge in [0.1, 0.15) is 73.4 Å². The Hall–Kier alpha value is -1.76. The summed E-state index contributed by atoms with van der Waals surface area (Å²) in [5.74, 6) is -0.780. The largest absolute Gasteiger partial charge is 0.432 e. The van der Waals surface area contributed by atoms with Gasteiger partial charge in [0.2, 0.25) is 6.29 Å². The van der Waals surface area contributed by atoms with E-state index in [1.54, 1.807) is 0 Å². The average Bonchev–Trinajstić information content (AvgIpc) is 3.30. The van der Waals surface area contributed by atoms with E-state index >= 15 is 0 Å². The SMILES string of the molecule is C[C@@H]1O[C@@H](O[C@H]2[C@H](O)[C@@H](O)[C@H](OC[C@H]3O[C@@H](OC(=O)[C@]45CC[C@](C)(CO)C[C@H]4C4=CC[C@@H]6[C@@]7(C)CC[C@@H](O)[C@@](C)(C=O)[C@@H]7CC[C@@]6(C)[C@]4(C)CC5)[C@H](O)[C@@H](O)[C@@H]3O)O[C@@H]2CO)[C@H](O)[C@H](O)[C@H]1O. The van der Waals surface area contributed by atoms with Gasteiger partial charge in [-0.3, -0.25) is 4.79 Å². The fourth-order valence-electron chi connectivity index (χ4n) is 14.7. The molecule has 382 valence electrons. The van der Waals surface area contributed by atoms with Crippen LogP contribution < -0.4 is 0 Å². The van der Waals surface area contributed by atoms with Crippen molar-refractivity contribution in [1.82, 2.24) is 0 Å². The molecule has 19 nitrogen and oxygen atoms in total. The Morgan fingerprint density at radius 2 is 1.36 bits per heavy atom. The molecule has 0 bridgehead atoms. The summed E-state index contributed by atoms with van der Waals surface area (Å²) in [7, 11) is 0. The highest BCUT2D eigenvalue weighted by Gasteiger charge is 2.70. The highest BCUT2D eigenvalue weighted by Crippen LogP contribution is 2.76. The average molecular weight is 957 g/mol. The molecule has 0 aromatic heterocycles. The van der Waals surface area contributed by atoms with E-state index in [4.69, 9.17) is 28.4 Å². The number of allylic oxidation sites excluding steroid dienone is 2. The van der Waals surface area contributed by atoms with Crippen molar-refractivity contribution in [3.8, 4) is 0 Å². The first-order valence-corrected chi connectivity index (χ1v) is 24.4. The van der Waals surface area contributed by atoms with E-state index in [1.807, 2.05) is 13.8 Å². The van der Waals surface area contributed by atoms with Gasteiger partial charge in [-0.05, 0) is 111 Å². The molecule has 3 heterocycles. The minimum atomic E-state index is -1.88. The van der Waals surface area contributed by atoms with Gasteiger partial charge in [0.05, 0.1) is 36.3 Å². The number of carbonyl (C=O) groups excluding carboxylic acids is 2. The van der Waals surface area contributed by atoms with E-state index in [1.165, 1.54) is 6.92 Å². The maximum Gasteiger partial charge on any atom is 0.315 e. The minimum absolute atomic E-state index is 0.0134. The maximum atomic E-state index is 15.0. The predicted molar refractivity (Wildman–Crippen MR) is 231 cm³/mol. The molecule has 0 radical (unpaired) electrons. The molecule has 67 heavy (non-hydrogen) atoms. The summed E-state index contributed by atoms with van der Waals surface area (Å²) in [6, 6.07) is 0. The van der Waals surface area contributed by atoms with Crippen molar-refractivity contribution in [3.63, 3.8) is 0 Å². The Bertz CT molecular complexity index is 1850. The Morgan fingerprint density at radius 1 is 0.716 bits per heavy atom. The Balaban J connectivity index is 0.987. The Morgan fingerprint density at radius 3 is 2.03 bits per heavy atom. The van der Waals surface area contributed by atoms with E-state index in [0.29, 0.717) is 38.5 Å². The molecule has 8 rings (SSSR count). The van der Waals surface area contributed by atoms with Crippen molar-refractivity contribution in [1.29, 1.82) is 0 Å². The number of hydrogen-bond acceptors (Lipinski definition) is 19. The number of aldehydes is 1. The van der Waals surface area contributed by atoms with Crippen LogP contribution in [0.15, 0.2) is 11.6 Å². The number of aliphatic hydroxyl groups is 11. The number of esters is 1. The molecule has 3 saturated heterocycles. The smallest absolute Gasteiger partial charge is 0.315 e. The number of fused-ring (bicyclic) bond motifs is 7. The van der Waals surface area contributed by atoms with Gasteiger partial charge in [-0.25, -0.2) is 0 Å². The third-order valence-electron chi connectivity index (χ3n) is 19.5. The fraction of sp³-hybridized carbons (Fsp3) is 0.917. The summed E-state index contributed by atoms with van der Waals surface area (Å²) >= 11 is 0. The minimum Gasteiger partial charge on any atom is -0.432 e. The quantitative estimate of drug-likeness (QED) is 0.0734. The first-order chi connectivity index (χ1) is 31.4. The molecule has 8 aliphatic rings. The van der Waals surface area contributed by atoms with Crippen LogP contribution in [0, 0.1) is 50.2 Å². The zero-order valence-electron chi connectivity index (χ0n) is 39.5. The van der Waals surface area contributed by atoms with Crippen LogP contribution in [0.3, 0.4) is 0 Å². The van der Waals surface area contributed by atoms with Crippen molar-refractivity contribution in [2.75, 3.05) is 19.8 Å². The van der Waals surface area contributed by atoms with Crippen LogP contribution >= 0.6 is 0 Å². The first kappa shape index (κ1) is 51.6. The van der Waals surface area contributed by atoms with Crippen LogP contribution in [-0.4, -0.2) is 186 Å². The van der Waals surface area contributed by atoms with Gasteiger partial charge < -0.3 is 89.4 Å². The molecule has 0 unspecified atom stereocenters. The van der Waals surface area contributed by atoms with Crippen molar-refractivity contribution in [3.05, 3.63) is 11.6 Å². The number of ether oxygens (including phenoxy) is 6. The van der Waals surface area contributed by atoms with Crippen LogP contribution in [0.5, 0.6) is 0 Å².